The van der Waals surface area contributed by atoms with Crippen molar-refractivity contribution < 1.29 is 9.18 Å². The van der Waals surface area contributed by atoms with E-state index in [1.165, 1.54) is 6.07 Å². The van der Waals surface area contributed by atoms with Crippen LogP contribution in [-0.2, 0) is 11.2 Å². The van der Waals surface area contributed by atoms with Gasteiger partial charge in [0.25, 0.3) is 0 Å². The third kappa shape index (κ3) is 3.05. The van der Waals surface area contributed by atoms with Crippen LogP contribution in [0.5, 0.6) is 0 Å². The van der Waals surface area contributed by atoms with Gasteiger partial charge in [0.1, 0.15) is 5.82 Å². The molecule has 0 saturated carbocycles. The zero-order chi connectivity index (χ0) is 17.6. The fourth-order valence-corrected chi connectivity index (χ4v) is 4.13. The Morgan fingerprint density at radius 3 is 2.84 bits per heavy atom. The predicted molar refractivity (Wildman–Crippen MR) is 101 cm³/mol. The minimum Gasteiger partial charge on any atom is -0.358 e. The van der Waals surface area contributed by atoms with E-state index < -0.39 is 5.82 Å². The van der Waals surface area contributed by atoms with E-state index >= 15 is 0 Å². The van der Waals surface area contributed by atoms with Crippen molar-refractivity contribution >= 4 is 63.3 Å². The third-order valence-corrected chi connectivity index (χ3v) is 5.53. The van der Waals surface area contributed by atoms with Gasteiger partial charge in [-0.25, -0.2) is 4.39 Å². The molecule has 1 aliphatic heterocycles. The van der Waals surface area contributed by atoms with Gasteiger partial charge in [0.05, 0.1) is 26.1 Å². The lowest BCUT2D eigenvalue weighted by molar-refractivity contribution is -0.116. The quantitative estimate of drug-likeness (QED) is 0.504. The van der Waals surface area contributed by atoms with Crippen molar-refractivity contribution in [3.05, 3.63) is 51.9 Å². The summed E-state index contributed by atoms with van der Waals surface area (Å²) in [6, 6.07) is 6.67. The average molecular weight is 396 g/mol. The lowest BCUT2D eigenvalue weighted by Crippen LogP contribution is -2.19. The summed E-state index contributed by atoms with van der Waals surface area (Å²) in [5, 5.41) is 4.50. The van der Waals surface area contributed by atoms with Crippen molar-refractivity contribution in [1.29, 1.82) is 0 Å². The van der Waals surface area contributed by atoms with Gasteiger partial charge in [-0.05, 0) is 48.2 Å². The van der Waals surface area contributed by atoms with Crippen LogP contribution >= 0.6 is 35.1 Å². The molecule has 0 saturated heterocycles. The maximum atomic E-state index is 14.3. The summed E-state index contributed by atoms with van der Waals surface area (Å²) in [5.41, 5.74) is 2.98. The number of hydrogen-bond donors (Lipinski definition) is 3. The normalized spacial score (nSPS) is 13.6. The van der Waals surface area contributed by atoms with Crippen molar-refractivity contribution in [2.24, 2.45) is 0 Å². The van der Waals surface area contributed by atoms with E-state index in [0.29, 0.717) is 33.5 Å². The molecular weight excluding hydrogens is 384 g/mol. The molecule has 25 heavy (non-hydrogen) atoms. The Labute approximate surface area is 157 Å². The average Bonchev–Trinajstić information content (AvgIpc) is 2.97. The molecule has 0 spiro atoms. The number of halogens is 3. The van der Waals surface area contributed by atoms with Crippen LogP contribution in [0.3, 0.4) is 0 Å². The maximum absolute atomic E-state index is 14.3. The van der Waals surface area contributed by atoms with Gasteiger partial charge < -0.3 is 15.0 Å². The Morgan fingerprint density at radius 2 is 2.00 bits per heavy atom. The maximum Gasteiger partial charge on any atom is 0.224 e. The minimum absolute atomic E-state index is 0.0855. The highest BCUT2D eigenvalue weighted by molar-refractivity contribution is 8.00. The Morgan fingerprint density at radius 1 is 1.16 bits per heavy atom. The van der Waals surface area contributed by atoms with Crippen molar-refractivity contribution in [3.8, 4) is 0 Å². The second-order valence-electron chi connectivity index (χ2n) is 5.67. The lowest BCUT2D eigenvalue weighted by atomic mass is 10.0. The van der Waals surface area contributed by atoms with Crippen LogP contribution in [0.25, 0.3) is 10.9 Å². The molecule has 0 fully saturated rings. The molecule has 1 aromatic heterocycles. The summed E-state index contributed by atoms with van der Waals surface area (Å²) in [7, 11) is 0. The first-order valence-corrected chi connectivity index (χ1v) is 9.10. The largest absolute Gasteiger partial charge is 0.358 e. The van der Waals surface area contributed by atoms with Crippen LogP contribution < -0.4 is 10.0 Å². The summed E-state index contributed by atoms with van der Waals surface area (Å²) in [6.45, 7) is 0. The summed E-state index contributed by atoms with van der Waals surface area (Å²) in [6.07, 6.45) is 2.68. The number of aryl methyl sites for hydroxylation is 1. The molecule has 1 aliphatic rings. The molecule has 8 heteroatoms. The van der Waals surface area contributed by atoms with Crippen LogP contribution in [0.2, 0.25) is 10.0 Å². The number of anilines is 2. The number of benzene rings is 2. The smallest absolute Gasteiger partial charge is 0.224 e. The molecule has 1 amide bonds. The van der Waals surface area contributed by atoms with E-state index in [4.69, 9.17) is 23.2 Å². The zero-order valence-corrected chi connectivity index (χ0v) is 15.1. The molecule has 3 N–H and O–H groups in total. The molecule has 2 heterocycles. The number of carbonyl (C=O) groups excluding carboxylic acids is 1. The number of fused-ring (bicyclic) bond motifs is 2. The van der Waals surface area contributed by atoms with Gasteiger partial charge in [0, 0.05) is 23.7 Å². The van der Waals surface area contributed by atoms with Gasteiger partial charge in [-0.2, -0.15) is 0 Å². The third-order valence-electron chi connectivity index (χ3n) is 4.06. The predicted octanol–water partition coefficient (Wildman–Crippen LogP) is 5.62. The van der Waals surface area contributed by atoms with Crippen molar-refractivity contribution in [3.63, 3.8) is 0 Å². The molecule has 3 aromatic rings. The van der Waals surface area contributed by atoms with Crippen LogP contribution in [0.4, 0.5) is 15.8 Å². The van der Waals surface area contributed by atoms with Crippen molar-refractivity contribution in [1.82, 2.24) is 4.98 Å². The van der Waals surface area contributed by atoms with E-state index in [-0.39, 0.29) is 5.91 Å². The number of nitrogens with one attached hydrogen (secondary N) is 3. The van der Waals surface area contributed by atoms with Crippen LogP contribution in [0.15, 0.2) is 35.4 Å². The molecular formula is C17H12Cl2FN3OS. The van der Waals surface area contributed by atoms with Gasteiger partial charge in [-0.15, -0.1) is 0 Å². The molecule has 0 radical (unpaired) electrons. The number of amides is 1. The fraction of sp³-hybridized carbons (Fsp3) is 0.118. The monoisotopic (exact) mass is 395 g/mol. The van der Waals surface area contributed by atoms with E-state index in [0.717, 1.165) is 34.1 Å². The second kappa shape index (κ2) is 6.44. The Hall–Kier alpha value is -1.89. The molecule has 0 bridgehead atoms. The summed E-state index contributed by atoms with van der Waals surface area (Å²) >= 11 is 13.5. The van der Waals surface area contributed by atoms with E-state index in [1.807, 2.05) is 0 Å². The number of H-pyrrole nitrogens is 1. The summed E-state index contributed by atoms with van der Waals surface area (Å²) in [4.78, 5) is 14.9. The lowest BCUT2D eigenvalue weighted by Gasteiger charge is -2.18. The number of aromatic amines is 1. The Kier molecular flexibility index (Phi) is 4.27. The van der Waals surface area contributed by atoms with Gasteiger partial charge in [-0.3, -0.25) is 4.79 Å². The first-order valence-electron chi connectivity index (χ1n) is 7.53. The highest BCUT2D eigenvalue weighted by Crippen LogP contribution is 2.37. The SMILES string of the molecule is O=C1CCc2cc(SNc3ccc(Cl)c4c(Cl)c[nH]c34)c(F)cc2N1. The number of rotatable bonds is 3. The highest BCUT2D eigenvalue weighted by atomic mass is 35.5. The van der Waals surface area contributed by atoms with Crippen LogP contribution in [0, 0.1) is 5.82 Å². The van der Waals surface area contributed by atoms with Gasteiger partial charge in [-0.1, -0.05) is 23.2 Å². The van der Waals surface area contributed by atoms with Crippen molar-refractivity contribution in [2.45, 2.75) is 17.7 Å². The van der Waals surface area contributed by atoms with Gasteiger partial charge in [0.2, 0.25) is 5.91 Å². The van der Waals surface area contributed by atoms with E-state index in [9.17, 15) is 9.18 Å². The van der Waals surface area contributed by atoms with Crippen molar-refractivity contribution in [2.75, 3.05) is 10.0 Å². The van der Waals surface area contributed by atoms with Gasteiger partial charge in [0.15, 0.2) is 0 Å². The topological polar surface area (TPSA) is 56.9 Å². The van der Waals surface area contributed by atoms with E-state index in [2.05, 4.69) is 15.0 Å². The minimum atomic E-state index is -0.395. The summed E-state index contributed by atoms with van der Waals surface area (Å²) in [5.74, 6) is -0.481. The Bertz CT molecular complexity index is 1010. The second-order valence-corrected chi connectivity index (χ2v) is 7.34. The molecule has 0 unspecified atom stereocenters. The summed E-state index contributed by atoms with van der Waals surface area (Å²) < 4.78 is 17.5. The molecule has 4 rings (SSSR count). The molecule has 128 valence electrons. The first-order chi connectivity index (χ1) is 12.0. The van der Waals surface area contributed by atoms with Crippen LogP contribution in [0.1, 0.15) is 12.0 Å². The van der Waals surface area contributed by atoms with Crippen LogP contribution in [-0.4, -0.2) is 10.9 Å². The number of carbonyl (C=O) groups is 1. The number of hydrogen-bond acceptors (Lipinski definition) is 3. The first kappa shape index (κ1) is 16.6. The fourth-order valence-electron chi connectivity index (χ4n) is 2.82. The standard InChI is InChI=1S/C17H12Cl2FN3OS/c18-9-2-3-12(17-16(9)10(19)7-21-17)23-25-14-5-8-1-4-15(24)22-13(8)6-11(14)20/h2-3,5-7,21,23H,1,4H2,(H,22,24). The number of aromatic nitrogens is 1. The molecule has 0 aliphatic carbocycles. The zero-order valence-electron chi connectivity index (χ0n) is 12.8. The highest BCUT2D eigenvalue weighted by Gasteiger charge is 2.18. The molecule has 2 aromatic carbocycles. The molecule has 4 nitrogen and oxygen atoms in total. The van der Waals surface area contributed by atoms with E-state index in [1.54, 1.807) is 24.4 Å². The molecule has 0 atom stereocenters. The van der Waals surface area contributed by atoms with Gasteiger partial charge >= 0.3 is 0 Å². The Balaban J connectivity index is 1.62.